The molecule has 0 unspecified atom stereocenters. The number of nitrogens with zero attached hydrogens (tertiary/aromatic N) is 5. The van der Waals surface area contributed by atoms with Gasteiger partial charge in [0.15, 0.2) is 4.96 Å². The maximum Gasteiger partial charge on any atom is 0.259 e. The molecule has 0 saturated heterocycles. The molecular formula is C12H13N5O2S. The Morgan fingerprint density at radius 3 is 3.05 bits per heavy atom. The molecule has 0 spiro atoms. The Balaban J connectivity index is 1.92. The van der Waals surface area contributed by atoms with E-state index in [-0.39, 0.29) is 12.2 Å². The lowest BCUT2D eigenvalue weighted by molar-refractivity contribution is 0.298. The topological polar surface area (TPSA) is 85.3 Å². The summed E-state index contributed by atoms with van der Waals surface area (Å²) < 4.78 is 3.20. The van der Waals surface area contributed by atoms with Gasteiger partial charge in [0, 0.05) is 36.4 Å². The molecule has 0 radical (unpaired) electrons. The lowest BCUT2D eigenvalue weighted by Crippen LogP contribution is -2.16. The molecule has 7 nitrogen and oxygen atoms in total. The zero-order valence-electron chi connectivity index (χ0n) is 10.9. The standard InChI is InChI=1S/C12H13N5O2S/c1-8-7-20-12-13-10(4-11(19)17(8)12)6-16-5-9(2-3-18)14-15-16/h4-5,7,18H,2-3,6H2,1H3. The van der Waals surface area contributed by atoms with Crippen LogP contribution in [0.3, 0.4) is 0 Å². The summed E-state index contributed by atoms with van der Waals surface area (Å²) in [5, 5.41) is 18.6. The van der Waals surface area contributed by atoms with Crippen molar-refractivity contribution in [2.24, 2.45) is 0 Å². The van der Waals surface area contributed by atoms with Gasteiger partial charge in [-0.05, 0) is 6.92 Å². The molecule has 104 valence electrons. The van der Waals surface area contributed by atoms with Gasteiger partial charge in [0.1, 0.15) is 0 Å². The molecule has 0 amide bonds. The van der Waals surface area contributed by atoms with Crippen LogP contribution >= 0.6 is 11.3 Å². The first kappa shape index (κ1) is 12.9. The van der Waals surface area contributed by atoms with Crippen molar-refractivity contribution >= 4 is 16.3 Å². The van der Waals surface area contributed by atoms with Crippen LogP contribution in [0.15, 0.2) is 22.4 Å². The molecule has 0 atom stereocenters. The molecule has 0 saturated carbocycles. The van der Waals surface area contributed by atoms with Crippen molar-refractivity contribution in [1.29, 1.82) is 0 Å². The van der Waals surface area contributed by atoms with Crippen molar-refractivity contribution in [2.75, 3.05) is 6.61 Å². The second-order valence-corrected chi connectivity index (χ2v) is 5.30. The number of rotatable bonds is 4. The second-order valence-electron chi connectivity index (χ2n) is 4.46. The number of thiazole rings is 1. The van der Waals surface area contributed by atoms with E-state index < -0.39 is 0 Å². The van der Waals surface area contributed by atoms with Crippen molar-refractivity contribution in [3.8, 4) is 0 Å². The number of aryl methyl sites for hydroxylation is 1. The molecule has 3 aromatic rings. The maximum atomic E-state index is 12.0. The van der Waals surface area contributed by atoms with E-state index in [1.54, 1.807) is 15.3 Å². The van der Waals surface area contributed by atoms with E-state index >= 15 is 0 Å². The quantitative estimate of drug-likeness (QED) is 0.744. The predicted molar refractivity (Wildman–Crippen MR) is 74.0 cm³/mol. The van der Waals surface area contributed by atoms with Crippen molar-refractivity contribution in [3.63, 3.8) is 0 Å². The fraction of sp³-hybridized carbons (Fsp3) is 0.333. The number of aliphatic hydroxyl groups excluding tert-OH is 1. The predicted octanol–water partition coefficient (Wildman–Crippen LogP) is 0.239. The van der Waals surface area contributed by atoms with Gasteiger partial charge in [-0.1, -0.05) is 5.21 Å². The van der Waals surface area contributed by atoms with Gasteiger partial charge in [-0.25, -0.2) is 9.67 Å². The first-order valence-corrected chi connectivity index (χ1v) is 7.02. The van der Waals surface area contributed by atoms with Crippen LogP contribution in [-0.4, -0.2) is 36.1 Å². The van der Waals surface area contributed by atoms with Crippen molar-refractivity contribution in [3.05, 3.63) is 45.1 Å². The lowest BCUT2D eigenvalue weighted by atomic mass is 10.3. The summed E-state index contributed by atoms with van der Waals surface area (Å²) in [6, 6.07) is 1.51. The molecule has 20 heavy (non-hydrogen) atoms. The van der Waals surface area contributed by atoms with Crippen molar-refractivity contribution in [2.45, 2.75) is 19.9 Å². The molecule has 3 rings (SSSR count). The molecule has 0 bridgehead atoms. The highest BCUT2D eigenvalue weighted by Gasteiger charge is 2.08. The molecule has 0 aliphatic carbocycles. The first-order chi connectivity index (χ1) is 9.67. The third-order valence-corrected chi connectivity index (χ3v) is 3.85. The molecule has 0 aliphatic heterocycles. The number of fused-ring (bicyclic) bond motifs is 1. The average molecular weight is 291 g/mol. The van der Waals surface area contributed by atoms with E-state index in [9.17, 15) is 4.79 Å². The zero-order chi connectivity index (χ0) is 14.1. The Morgan fingerprint density at radius 2 is 2.25 bits per heavy atom. The Morgan fingerprint density at radius 1 is 1.40 bits per heavy atom. The van der Waals surface area contributed by atoms with E-state index in [0.29, 0.717) is 23.6 Å². The fourth-order valence-corrected chi connectivity index (χ4v) is 2.88. The maximum absolute atomic E-state index is 12.0. The minimum atomic E-state index is -0.0838. The van der Waals surface area contributed by atoms with Crippen LogP contribution in [-0.2, 0) is 13.0 Å². The summed E-state index contributed by atoms with van der Waals surface area (Å²) in [5.74, 6) is 0. The summed E-state index contributed by atoms with van der Waals surface area (Å²) in [6.07, 6.45) is 2.22. The largest absolute Gasteiger partial charge is 0.396 e. The summed E-state index contributed by atoms with van der Waals surface area (Å²) in [7, 11) is 0. The highest BCUT2D eigenvalue weighted by atomic mass is 32.1. The summed E-state index contributed by atoms with van der Waals surface area (Å²) in [5.41, 5.74) is 2.18. The van der Waals surface area contributed by atoms with E-state index in [1.807, 2.05) is 12.3 Å². The van der Waals surface area contributed by atoms with Crippen LogP contribution in [0.2, 0.25) is 0 Å². The first-order valence-electron chi connectivity index (χ1n) is 6.14. The van der Waals surface area contributed by atoms with E-state index in [4.69, 9.17) is 5.11 Å². The van der Waals surface area contributed by atoms with E-state index in [2.05, 4.69) is 15.3 Å². The molecule has 3 heterocycles. The van der Waals surface area contributed by atoms with Gasteiger partial charge in [0.05, 0.1) is 17.9 Å². The highest BCUT2D eigenvalue weighted by Crippen LogP contribution is 2.11. The SMILES string of the molecule is Cc1csc2nc(Cn3cc(CCO)nn3)cc(=O)n12. The van der Waals surface area contributed by atoms with E-state index in [1.165, 1.54) is 17.4 Å². The Hall–Kier alpha value is -2.06. The molecule has 1 N–H and O–H groups in total. The fourth-order valence-electron chi connectivity index (χ4n) is 1.99. The van der Waals surface area contributed by atoms with Gasteiger partial charge in [-0.3, -0.25) is 9.20 Å². The van der Waals surface area contributed by atoms with Crippen LogP contribution in [0, 0.1) is 6.92 Å². The Kier molecular flexibility index (Phi) is 3.33. The molecule has 3 aromatic heterocycles. The Labute approximate surface area is 118 Å². The second kappa shape index (κ2) is 5.14. The third kappa shape index (κ3) is 2.35. The Bertz CT molecular complexity index is 804. The molecule has 0 fully saturated rings. The van der Waals surface area contributed by atoms with Crippen molar-refractivity contribution < 1.29 is 5.11 Å². The van der Waals surface area contributed by atoms with Gasteiger partial charge in [-0.15, -0.1) is 16.4 Å². The normalized spacial score (nSPS) is 11.3. The number of hydrogen-bond donors (Lipinski definition) is 1. The third-order valence-electron chi connectivity index (χ3n) is 2.91. The van der Waals surface area contributed by atoms with Gasteiger partial charge in [0.2, 0.25) is 0 Å². The average Bonchev–Trinajstić information content (AvgIpc) is 2.98. The lowest BCUT2D eigenvalue weighted by Gasteiger charge is -2.01. The number of hydrogen-bond acceptors (Lipinski definition) is 6. The van der Waals surface area contributed by atoms with Crippen molar-refractivity contribution in [1.82, 2.24) is 24.4 Å². The molecular weight excluding hydrogens is 278 g/mol. The molecule has 8 heteroatoms. The van der Waals surface area contributed by atoms with Crippen LogP contribution < -0.4 is 5.56 Å². The van der Waals surface area contributed by atoms with E-state index in [0.717, 1.165) is 11.4 Å². The van der Waals surface area contributed by atoms with Gasteiger partial charge < -0.3 is 5.11 Å². The zero-order valence-corrected chi connectivity index (χ0v) is 11.7. The number of aliphatic hydroxyl groups is 1. The minimum absolute atomic E-state index is 0.0404. The monoisotopic (exact) mass is 291 g/mol. The smallest absolute Gasteiger partial charge is 0.259 e. The molecule has 0 aromatic carbocycles. The van der Waals surface area contributed by atoms with Crippen LogP contribution in [0.5, 0.6) is 0 Å². The summed E-state index contributed by atoms with van der Waals surface area (Å²) in [4.78, 5) is 17.2. The van der Waals surface area contributed by atoms with Gasteiger partial charge in [0.25, 0.3) is 5.56 Å². The summed E-state index contributed by atoms with van der Waals surface area (Å²) >= 11 is 1.44. The van der Waals surface area contributed by atoms with Gasteiger partial charge in [-0.2, -0.15) is 0 Å². The van der Waals surface area contributed by atoms with Gasteiger partial charge >= 0.3 is 0 Å². The summed E-state index contributed by atoms with van der Waals surface area (Å²) in [6.45, 7) is 2.31. The highest BCUT2D eigenvalue weighted by molar-refractivity contribution is 7.15. The van der Waals surface area contributed by atoms with Crippen LogP contribution in [0.4, 0.5) is 0 Å². The molecule has 0 aliphatic rings. The van der Waals surface area contributed by atoms with Crippen LogP contribution in [0.1, 0.15) is 17.1 Å². The minimum Gasteiger partial charge on any atom is -0.396 e. The number of aromatic nitrogens is 5. The van der Waals surface area contributed by atoms with Crippen LogP contribution in [0.25, 0.3) is 4.96 Å².